The summed E-state index contributed by atoms with van der Waals surface area (Å²) >= 11 is 0. The number of nitrogens with one attached hydrogen (secondary N) is 1. The van der Waals surface area contributed by atoms with Gasteiger partial charge in [0, 0.05) is 5.92 Å². The zero-order valence-electron chi connectivity index (χ0n) is 4.48. The Morgan fingerprint density at radius 2 is 2.12 bits per heavy atom. The van der Waals surface area contributed by atoms with Gasteiger partial charge in [-0.2, -0.15) is 0 Å². The third-order valence-corrected chi connectivity index (χ3v) is 1.21. The van der Waals surface area contributed by atoms with Gasteiger partial charge in [-0.1, -0.05) is 0 Å². The van der Waals surface area contributed by atoms with Gasteiger partial charge in [0.1, 0.15) is 0 Å². The van der Waals surface area contributed by atoms with Crippen molar-refractivity contribution in [1.82, 2.24) is 0 Å². The molecule has 1 aliphatic carbocycles. The molecule has 1 saturated carbocycles. The summed E-state index contributed by atoms with van der Waals surface area (Å²) in [4.78, 5) is 10.6. The van der Waals surface area contributed by atoms with E-state index in [4.69, 9.17) is 11.1 Å². The van der Waals surface area contributed by atoms with Crippen LogP contribution in [0.3, 0.4) is 0 Å². The van der Waals surface area contributed by atoms with Crippen molar-refractivity contribution in [3.05, 3.63) is 0 Å². The number of rotatable bonds is 2. The van der Waals surface area contributed by atoms with Crippen molar-refractivity contribution in [1.29, 1.82) is 5.41 Å². The molecule has 0 unspecified atom stereocenters. The molecule has 0 aromatic rings. The zero-order chi connectivity index (χ0) is 6.15. The minimum atomic E-state index is -0.285. The van der Waals surface area contributed by atoms with Gasteiger partial charge in [-0.15, -0.1) is 0 Å². The summed E-state index contributed by atoms with van der Waals surface area (Å²) in [5.74, 6) is -0.356. The summed E-state index contributed by atoms with van der Waals surface area (Å²) in [5, 5.41) is 6.70. The number of nitrogens with two attached hydrogens (primary N) is 1. The van der Waals surface area contributed by atoms with E-state index in [1.807, 2.05) is 0 Å². The van der Waals surface area contributed by atoms with Crippen LogP contribution >= 0.6 is 0 Å². The predicted octanol–water partition coefficient (Wildman–Crippen LogP) is -0.0985. The molecule has 8 heavy (non-hydrogen) atoms. The van der Waals surface area contributed by atoms with Crippen molar-refractivity contribution < 1.29 is 4.79 Å². The largest absolute Gasteiger partial charge is 0.381 e. The molecule has 0 radical (unpaired) electrons. The second kappa shape index (κ2) is 1.58. The van der Waals surface area contributed by atoms with Crippen LogP contribution in [0.5, 0.6) is 0 Å². The highest BCUT2D eigenvalue weighted by Gasteiger charge is 2.30. The molecule has 0 aromatic heterocycles. The molecule has 44 valence electrons. The van der Waals surface area contributed by atoms with Gasteiger partial charge in [-0.25, -0.2) is 0 Å². The fourth-order valence-electron chi connectivity index (χ4n) is 0.565. The lowest BCUT2D eigenvalue weighted by molar-refractivity contribution is -0.114. The number of amidine groups is 1. The van der Waals surface area contributed by atoms with E-state index in [0.29, 0.717) is 0 Å². The van der Waals surface area contributed by atoms with Gasteiger partial charge in [-0.3, -0.25) is 10.2 Å². The monoisotopic (exact) mass is 112 g/mol. The number of carbonyl (C=O) groups is 1. The molecular formula is C5H8N2O. The topological polar surface area (TPSA) is 66.9 Å². The Bertz CT molecular complexity index is 137. The maximum atomic E-state index is 10.6. The van der Waals surface area contributed by atoms with E-state index >= 15 is 0 Å². The molecule has 1 rings (SSSR count). The predicted molar refractivity (Wildman–Crippen MR) is 29.6 cm³/mol. The molecule has 0 bridgehead atoms. The molecule has 0 saturated heterocycles. The van der Waals surface area contributed by atoms with Crippen LogP contribution in [0.4, 0.5) is 0 Å². The van der Waals surface area contributed by atoms with Gasteiger partial charge in [-0.05, 0) is 12.8 Å². The lowest BCUT2D eigenvalue weighted by atomic mass is 10.2. The van der Waals surface area contributed by atoms with E-state index in [1.165, 1.54) is 0 Å². The van der Waals surface area contributed by atoms with Gasteiger partial charge in [0.05, 0.1) is 0 Å². The molecule has 1 aliphatic rings. The summed E-state index contributed by atoms with van der Waals surface area (Å²) in [5.41, 5.74) is 4.91. The molecular weight excluding hydrogens is 104 g/mol. The van der Waals surface area contributed by atoms with E-state index in [2.05, 4.69) is 0 Å². The zero-order valence-corrected chi connectivity index (χ0v) is 4.48. The van der Waals surface area contributed by atoms with Crippen LogP contribution in [0.25, 0.3) is 0 Å². The molecule has 0 aromatic carbocycles. The second-order valence-electron chi connectivity index (χ2n) is 2.05. The molecule has 0 amide bonds. The van der Waals surface area contributed by atoms with Crippen LogP contribution in [0, 0.1) is 11.3 Å². The van der Waals surface area contributed by atoms with E-state index < -0.39 is 0 Å². The second-order valence-corrected chi connectivity index (χ2v) is 2.05. The molecule has 3 nitrogen and oxygen atoms in total. The van der Waals surface area contributed by atoms with Crippen LogP contribution in [-0.4, -0.2) is 11.6 Å². The van der Waals surface area contributed by atoms with E-state index in [0.717, 1.165) is 12.8 Å². The average molecular weight is 112 g/mol. The smallest absolute Gasteiger partial charge is 0.199 e. The quantitative estimate of drug-likeness (QED) is 0.387. The Hall–Kier alpha value is -0.860. The summed E-state index contributed by atoms with van der Waals surface area (Å²) in [6.07, 6.45) is 1.86. The van der Waals surface area contributed by atoms with Crippen molar-refractivity contribution in [3.63, 3.8) is 0 Å². The maximum absolute atomic E-state index is 10.6. The van der Waals surface area contributed by atoms with Crippen LogP contribution in [-0.2, 0) is 4.79 Å². The lowest BCUT2D eigenvalue weighted by Crippen LogP contribution is -2.23. The summed E-state index contributed by atoms with van der Waals surface area (Å²) in [6, 6.07) is 0. The van der Waals surface area contributed by atoms with Gasteiger partial charge in [0.2, 0.25) is 0 Å². The Labute approximate surface area is 47.4 Å². The first-order valence-electron chi connectivity index (χ1n) is 2.60. The molecule has 0 atom stereocenters. The average Bonchev–Trinajstić information content (AvgIpc) is 2.43. The van der Waals surface area contributed by atoms with Crippen LogP contribution in [0.1, 0.15) is 12.8 Å². The van der Waals surface area contributed by atoms with Gasteiger partial charge >= 0.3 is 0 Å². The molecule has 0 spiro atoms. The first-order chi connectivity index (χ1) is 3.72. The van der Waals surface area contributed by atoms with Crippen LogP contribution in [0.15, 0.2) is 0 Å². The van der Waals surface area contributed by atoms with Crippen LogP contribution in [0.2, 0.25) is 0 Å². The normalized spacial score (nSPS) is 18.0. The van der Waals surface area contributed by atoms with Crippen molar-refractivity contribution in [3.8, 4) is 0 Å². The third kappa shape index (κ3) is 0.857. The number of Topliss-reactive ketones (excluding diaryl/α,β-unsaturated/α-hetero) is 1. The van der Waals surface area contributed by atoms with Crippen molar-refractivity contribution in [2.24, 2.45) is 11.7 Å². The molecule has 0 heterocycles. The highest BCUT2D eigenvalue weighted by atomic mass is 16.1. The molecule has 3 heteroatoms. The fraction of sp³-hybridized carbons (Fsp3) is 0.600. The summed E-state index contributed by atoms with van der Waals surface area (Å²) in [7, 11) is 0. The van der Waals surface area contributed by atoms with Gasteiger partial charge < -0.3 is 5.73 Å². The third-order valence-electron chi connectivity index (χ3n) is 1.21. The minimum absolute atomic E-state index is 0.104. The lowest BCUT2D eigenvalue weighted by Gasteiger charge is -1.88. The van der Waals surface area contributed by atoms with Crippen molar-refractivity contribution >= 4 is 11.6 Å². The van der Waals surface area contributed by atoms with E-state index in [-0.39, 0.29) is 17.5 Å². The Kier molecular flexibility index (Phi) is 1.04. The Morgan fingerprint density at radius 3 is 2.25 bits per heavy atom. The Balaban J connectivity index is 2.45. The molecule has 3 N–H and O–H groups in total. The number of hydrogen-bond acceptors (Lipinski definition) is 2. The van der Waals surface area contributed by atoms with Crippen LogP contribution < -0.4 is 5.73 Å². The highest BCUT2D eigenvalue weighted by molar-refractivity contribution is 6.38. The van der Waals surface area contributed by atoms with Crippen molar-refractivity contribution in [2.45, 2.75) is 12.8 Å². The molecule has 0 aliphatic heterocycles. The van der Waals surface area contributed by atoms with E-state index in [1.54, 1.807) is 0 Å². The summed E-state index contributed by atoms with van der Waals surface area (Å²) < 4.78 is 0. The van der Waals surface area contributed by atoms with Gasteiger partial charge in [0.25, 0.3) is 0 Å². The standard InChI is InChI=1S/C5H8N2O/c6-5(7)4(8)3-1-2-3/h3H,1-2H2,(H3,6,7). The highest BCUT2D eigenvalue weighted by Crippen LogP contribution is 2.29. The number of ketones is 1. The van der Waals surface area contributed by atoms with Gasteiger partial charge in [0.15, 0.2) is 11.6 Å². The SMILES string of the molecule is N=C(N)C(=O)C1CC1. The number of carbonyl (C=O) groups excluding carboxylic acids is 1. The first-order valence-corrected chi connectivity index (χ1v) is 2.60. The summed E-state index contributed by atoms with van der Waals surface area (Å²) in [6.45, 7) is 0. The molecule has 1 fully saturated rings. The Morgan fingerprint density at radius 1 is 1.62 bits per heavy atom. The maximum Gasteiger partial charge on any atom is 0.199 e. The minimum Gasteiger partial charge on any atom is -0.381 e. The van der Waals surface area contributed by atoms with Crippen molar-refractivity contribution in [2.75, 3.05) is 0 Å². The fourth-order valence-corrected chi connectivity index (χ4v) is 0.565. The van der Waals surface area contributed by atoms with E-state index in [9.17, 15) is 4.79 Å². The first kappa shape index (κ1) is 5.28. The number of hydrogen-bond donors (Lipinski definition) is 2.